The lowest BCUT2D eigenvalue weighted by molar-refractivity contribution is -0.113. The molecule has 8 nitrogen and oxygen atoms in total. The molecule has 1 atom stereocenters. The van der Waals surface area contributed by atoms with E-state index in [-0.39, 0.29) is 17.8 Å². The number of benzene rings is 2. The first-order valence-corrected chi connectivity index (χ1v) is 13.5. The third kappa shape index (κ3) is 6.93. The number of hydrogen-bond acceptors (Lipinski definition) is 7. The van der Waals surface area contributed by atoms with Gasteiger partial charge < -0.3 is 24.3 Å². The van der Waals surface area contributed by atoms with Gasteiger partial charge in [0.05, 0.1) is 24.0 Å². The maximum Gasteiger partial charge on any atom is 0.234 e. The van der Waals surface area contributed by atoms with Crippen LogP contribution in [0.4, 0.5) is 11.4 Å². The van der Waals surface area contributed by atoms with E-state index in [0.717, 1.165) is 37.7 Å². The molecule has 0 bridgehead atoms. The van der Waals surface area contributed by atoms with Crippen LogP contribution in [0.2, 0.25) is 5.02 Å². The SMILES string of the molecule is CC(C)Cn1c(SCC(=O)Nc2ccc(N3CCOCC3)cc2)nnc1C(C)Oc1ccccc1Cl. The quantitative estimate of drug-likeness (QED) is 0.357. The third-order valence-electron chi connectivity index (χ3n) is 5.66. The molecule has 0 saturated carbocycles. The molecule has 4 rings (SSSR count). The summed E-state index contributed by atoms with van der Waals surface area (Å²) in [7, 11) is 0. The van der Waals surface area contributed by atoms with Gasteiger partial charge in [-0.05, 0) is 49.2 Å². The molecule has 1 aromatic heterocycles. The second kappa shape index (κ2) is 12.5. The first-order valence-electron chi connectivity index (χ1n) is 12.1. The normalized spacial score (nSPS) is 14.6. The molecular weight excluding hydrogens is 498 g/mol. The van der Waals surface area contributed by atoms with Gasteiger partial charge >= 0.3 is 0 Å². The van der Waals surface area contributed by atoms with Gasteiger partial charge in [-0.2, -0.15) is 0 Å². The smallest absolute Gasteiger partial charge is 0.234 e. The standard InChI is InChI=1S/C26H32ClN5O3S/c1-18(2)16-32-25(19(3)35-23-7-5-4-6-22(23)27)29-30-26(32)36-17-24(33)28-20-8-10-21(11-9-20)31-12-14-34-15-13-31/h4-11,18-19H,12-17H2,1-3H3,(H,28,33). The molecule has 2 heterocycles. The first-order chi connectivity index (χ1) is 17.4. The van der Waals surface area contributed by atoms with Gasteiger partial charge in [-0.3, -0.25) is 4.79 Å². The Hall–Kier alpha value is -2.75. The van der Waals surface area contributed by atoms with Crippen LogP contribution < -0.4 is 15.0 Å². The maximum absolute atomic E-state index is 12.7. The van der Waals surface area contributed by atoms with E-state index in [2.05, 4.69) is 34.3 Å². The average molecular weight is 530 g/mol. The average Bonchev–Trinajstić information content (AvgIpc) is 3.27. The summed E-state index contributed by atoms with van der Waals surface area (Å²) >= 11 is 7.62. The van der Waals surface area contributed by atoms with Crippen molar-refractivity contribution in [3.8, 4) is 5.75 Å². The first kappa shape index (κ1) is 26.3. The van der Waals surface area contributed by atoms with E-state index in [4.69, 9.17) is 21.1 Å². The van der Waals surface area contributed by atoms with E-state index in [1.54, 1.807) is 6.07 Å². The number of aromatic nitrogens is 3. The summed E-state index contributed by atoms with van der Waals surface area (Å²) in [5.41, 5.74) is 1.90. The van der Waals surface area contributed by atoms with Gasteiger partial charge in [0.2, 0.25) is 5.91 Å². The summed E-state index contributed by atoms with van der Waals surface area (Å²) in [5.74, 6) is 1.79. The molecule has 1 fully saturated rings. The largest absolute Gasteiger partial charge is 0.481 e. The van der Waals surface area contributed by atoms with Crippen LogP contribution >= 0.6 is 23.4 Å². The van der Waals surface area contributed by atoms with E-state index in [1.807, 2.05) is 54.0 Å². The molecule has 0 spiro atoms. The van der Waals surface area contributed by atoms with Crippen LogP contribution in [0.1, 0.15) is 32.7 Å². The molecule has 0 radical (unpaired) electrons. The minimum absolute atomic E-state index is 0.0971. The monoisotopic (exact) mass is 529 g/mol. The molecule has 192 valence electrons. The van der Waals surface area contributed by atoms with Crippen molar-refractivity contribution in [3.63, 3.8) is 0 Å². The van der Waals surface area contributed by atoms with Gasteiger partial charge in [0.25, 0.3) is 0 Å². The zero-order valence-corrected chi connectivity index (χ0v) is 22.4. The van der Waals surface area contributed by atoms with Crippen molar-refractivity contribution >= 4 is 40.6 Å². The van der Waals surface area contributed by atoms with Crippen molar-refractivity contribution in [2.75, 3.05) is 42.3 Å². The summed E-state index contributed by atoms with van der Waals surface area (Å²) in [5, 5.41) is 13.0. The molecular formula is C26H32ClN5O3S. The number of halogens is 1. The fourth-order valence-electron chi connectivity index (χ4n) is 3.93. The molecule has 1 amide bonds. The van der Waals surface area contributed by atoms with Crippen molar-refractivity contribution in [2.24, 2.45) is 5.92 Å². The van der Waals surface area contributed by atoms with Gasteiger partial charge in [-0.1, -0.05) is 49.3 Å². The van der Waals surface area contributed by atoms with Gasteiger partial charge in [0.15, 0.2) is 17.1 Å². The van der Waals surface area contributed by atoms with Crippen molar-refractivity contribution in [3.05, 3.63) is 59.4 Å². The molecule has 1 aliphatic heterocycles. The molecule has 1 aliphatic rings. The fourth-order valence-corrected chi connectivity index (χ4v) is 4.87. The highest BCUT2D eigenvalue weighted by atomic mass is 35.5. The fraction of sp³-hybridized carbons (Fsp3) is 0.423. The molecule has 36 heavy (non-hydrogen) atoms. The molecule has 1 saturated heterocycles. The van der Waals surface area contributed by atoms with E-state index in [9.17, 15) is 4.79 Å². The molecule has 3 aromatic rings. The summed E-state index contributed by atoms with van der Waals surface area (Å²) in [4.78, 5) is 14.9. The second-order valence-electron chi connectivity index (χ2n) is 9.02. The van der Waals surface area contributed by atoms with Crippen LogP contribution in [-0.2, 0) is 16.1 Å². The van der Waals surface area contributed by atoms with Crippen LogP contribution in [0.5, 0.6) is 5.75 Å². The van der Waals surface area contributed by atoms with E-state index >= 15 is 0 Å². The number of para-hydroxylation sites is 1. The summed E-state index contributed by atoms with van der Waals surface area (Å²) in [6, 6.07) is 15.3. The second-order valence-corrected chi connectivity index (χ2v) is 10.4. The number of thioether (sulfide) groups is 1. The molecule has 1 unspecified atom stereocenters. The van der Waals surface area contributed by atoms with Crippen molar-refractivity contribution in [2.45, 2.75) is 38.6 Å². The Balaban J connectivity index is 1.37. The number of nitrogens with zero attached hydrogens (tertiary/aromatic N) is 4. The van der Waals surface area contributed by atoms with Crippen molar-refractivity contribution in [1.29, 1.82) is 0 Å². The number of nitrogens with one attached hydrogen (secondary N) is 1. The lowest BCUT2D eigenvalue weighted by Crippen LogP contribution is -2.36. The highest BCUT2D eigenvalue weighted by Gasteiger charge is 2.22. The Kier molecular flexibility index (Phi) is 9.12. The number of rotatable bonds is 10. The van der Waals surface area contributed by atoms with Gasteiger partial charge in [-0.25, -0.2) is 0 Å². The lowest BCUT2D eigenvalue weighted by atomic mass is 10.2. The van der Waals surface area contributed by atoms with Gasteiger partial charge in [0, 0.05) is 31.0 Å². The predicted molar refractivity (Wildman–Crippen MR) is 144 cm³/mol. The Morgan fingerprint density at radius 3 is 2.53 bits per heavy atom. The zero-order valence-electron chi connectivity index (χ0n) is 20.8. The highest BCUT2D eigenvalue weighted by Crippen LogP contribution is 2.30. The highest BCUT2D eigenvalue weighted by molar-refractivity contribution is 7.99. The van der Waals surface area contributed by atoms with Crippen LogP contribution in [0.15, 0.2) is 53.7 Å². The summed E-state index contributed by atoms with van der Waals surface area (Å²) in [6.07, 6.45) is -0.357. The van der Waals surface area contributed by atoms with Crippen molar-refractivity contribution in [1.82, 2.24) is 14.8 Å². The Morgan fingerprint density at radius 2 is 1.83 bits per heavy atom. The van der Waals surface area contributed by atoms with Crippen molar-refractivity contribution < 1.29 is 14.3 Å². The van der Waals surface area contributed by atoms with E-state index in [1.165, 1.54) is 11.8 Å². The number of hydrogen-bond donors (Lipinski definition) is 1. The predicted octanol–water partition coefficient (Wildman–Crippen LogP) is 5.29. The number of anilines is 2. The number of morpholine rings is 1. The van der Waals surface area contributed by atoms with Gasteiger partial charge in [0.1, 0.15) is 5.75 Å². The summed E-state index contributed by atoms with van der Waals surface area (Å²) in [6.45, 7) is 10.1. The van der Waals surface area contributed by atoms with E-state index < -0.39 is 0 Å². The number of amides is 1. The van der Waals surface area contributed by atoms with Crippen LogP contribution in [0.3, 0.4) is 0 Å². The minimum Gasteiger partial charge on any atom is -0.481 e. The topological polar surface area (TPSA) is 81.5 Å². The summed E-state index contributed by atoms with van der Waals surface area (Å²) < 4.78 is 13.5. The zero-order chi connectivity index (χ0) is 25.5. The maximum atomic E-state index is 12.7. The lowest BCUT2D eigenvalue weighted by Gasteiger charge is -2.28. The third-order valence-corrected chi connectivity index (χ3v) is 6.94. The van der Waals surface area contributed by atoms with Crippen LogP contribution in [0.25, 0.3) is 0 Å². The Labute approximate surface area is 221 Å². The van der Waals surface area contributed by atoms with Crippen LogP contribution in [-0.4, -0.2) is 52.7 Å². The number of carbonyl (C=O) groups is 1. The number of ether oxygens (including phenoxy) is 2. The molecule has 10 heteroatoms. The van der Waals surface area contributed by atoms with Crippen LogP contribution in [0, 0.1) is 5.92 Å². The number of carbonyl (C=O) groups excluding carboxylic acids is 1. The van der Waals surface area contributed by atoms with E-state index in [0.29, 0.717) is 34.2 Å². The molecule has 2 aromatic carbocycles. The molecule has 0 aliphatic carbocycles. The Morgan fingerprint density at radius 1 is 1.11 bits per heavy atom. The molecule has 1 N–H and O–H groups in total. The Bertz CT molecular complexity index is 1150. The minimum atomic E-state index is -0.357. The van der Waals surface area contributed by atoms with Gasteiger partial charge in [-0.15, -0.1) is 10.2 Å².